The van der Waals surface area contributed by atoms with Gasteiger partial charge in [-0.3, -0.25) is 13.9 Å². The van der Waals surface area contributed by atoms with E-state index < -0.39 is 28.5 Å². The topological polar surface area (TPSA) is 86.8 Å². The third-order valence-corrected chi connectivity index (χ3v) is 6.81. The van der Waals surface area contributed by atoms with Crippen LogP contribution in [0.1, 0.15) is 31.9 Å². The molecule has 0 saturated heterocycles. The number of halogens is 2. The molecule has 0 radical (unpaired) electrons. The molecule has 0 aromatic heterocycles. The second-order valence-electron chi connectivity index (χ2n) is 8.69. The molecular weight excluding hydrogens is 497 g/mol. The molecule has 0 aliphatic heterocycles. The number of amides is 2. The van der Waals surface area contributed by atoms with Crippen LogP contribution < -0.4 is 9.62 Å². The molecule has 1 atom stereocenters. The molecule has 7 nitrogen and oxygen atoms in total. The van der Waals surface area contributed by atoms with E-state index in [4.69, 9.17) is 23.2 Å². The maximum atomic E-state index is 13.5. The first kappa shape index (κ1) is 28.0. The van der Waals surface area contributed by atoms with Gasteiger partial charge in [-0.2, -0.15) is 0 Å². The summed E-state index contributed by atoms with van der Waals surface area (Å²) < 4.78 is 26.1. The number of rotatable bonds is 10. The Labute approximate surface area is 212 Å². The van der Waals surface area contributed by atoms with Gasteiger partial charge in [-0.15, -0.1) is 0 Å². The standard InChI is InChI=1S/C24H31Cl2N3O4S/c1-16(2)13-27-24(31)18(4)28(14-19-8-6-7-17(3)11-19)23(30)15-29(34(5,32)33)22-10-9-20(25)12-21(22)26/h6-12,16,18H,13-15H2,1-5H3,(H,27,31). The van der Waals surface area contributed by atoms with Crippen molar-refractivity contribution in [2.24, 2.45) is 5.92 Å². The molecule has 34 heavy (non-hydrogen) atoms. The van der Waals surface area contributed by atoms with Crippen LogP contribution >= 0.6 is 23.2 Å². The minimum Gasteiger partial charge on any atom is -0.354 e. The molecule has 1 N–H and O–H groups in total. The van der Waals surface area contributed by atoms with Gasteiger partial charge in [-0.05, 0) is 43.5 Å². The molecule has 0 fully saturated rings. The first-order chi connectivity index (χ1) is 15.8. The smallest absolute Gasteiger partial charge is 0.244 e. The molecule has 0 saturated carbocycles. The second-order valence-corrected chi connectivity index (χ2v) is 11.4. The predicted octanol–water partition coefficient (Wildman–Crippen LogP) is 4.26. The molecule has 0 spiro atoms. The number of nitrogens with one attached hydrogen (secondary N) is 1. The van der Waals surface area contributed by atoms with Crippen molar-refractivity contribution in [1.82, 2.24) is 10.2 Å². The zero-order valence-corrected chi connectivity index (χ0v) is 22.3. The van der Waals surface area contributed by atoms with Gasteiger partial charge in [0.15, 0.2) is 0 Å². The summed E-state index contributed by atoms with van der Waals surface area (Å²) in [5.41, 5.74) is 1.97. The quantitative estimate of drug-likeness (QED) is 0.500. The molecular formula is C24H31Cl2N3O4S. The number of sulfonamides is 1. The van der Waals surface area contributed by atoms with Crippen LogP contribution in [0.5, 0.6) is 0 Å². The van der Waals surface area contributed by atoms with Crippen molar-refractivity contribution >= 4 is 50.7 Å². The van der Waals surface area contributed by atoms with E-state index in [9.17, 15) is 18.0 Å². The third kappa shape index (κ3) is 7.89. The second kappa shape index (κ2) is 11.9. The Bertz CT molecular complexity index is 1140. The van der Waals surface area contributed by atoms with Crippen molar-refractivity contribution in [3.63, 3.8) is 0 Å². The molecule has 2 rings (SSSR count). The molecule has 0 heterocycles. The van der Waals surface area contributed by atoms with Crippen LogP contribution in [0.15, 0.2) is 42.5 Å². The largest absolute Gasteiger partial charge is 0.354 e. The number of carbonyl (C=O) groups excluding carboxylic acids is 2. The third-order valence-electron chi connectivity index (χ3n) is 5.14. The van der Waals surface area contributed by atoms with E-state index in [1.54, 1.807) is 6.92 Å². The van der Waals surface area contributed by atoms with Crippen molar-refractivity contribution in [2.75, 3.05) is 23.7 Å². The van der Waals surface area contributed by atoms with E-state index in [-0.39, 0.29) is 29.1 Å². The summed E-state index contributed by atoms with van der Waals surface area (Å²) in [6.07, 6.45) is 0.995. The fourth-order valence-electron chi connectivity index (χ4n) is 3.32. The molecule has 10 heteroatoms. The van der Waals surface area contributed by atoms with Crippen LogP contribution in [0.25, 0.3) is 0 Å². The SMILES string of the molecule is Cc1cccc(CN(C(=O)CN(c2ccc(Cl)cc2Cl)S(C)(=O)=O)C(C)C(=O)NCC(C)C)c1. The molecule has 186 valence electrons. The van der Waals surface area contributed by atoms with Crippen LogP contribution in [0, 0.1) is 12.8 Å². The summed E-state index contributed by atoms with van der Waals surface area (Å²) in [5, 5.41) is 3.28. The highest BCUT2D eigenvalue weighted by atomic mass is 35.5. The Hall–Kier alpha value is -2.29. The Balaban J connectivity index is 2.40. The van der Waals surface area contributed by atoms with Crippen molar-refractivity contribution in [1.29, 1.82) is 0 Å². The molecule has 0 bridgehead atoms. The maximum absolute atomic E-state index is 13.5. The molecule has 2 amide bonds. The van der Waals surface area contributed by atoms with E-state index in [1.165, 1.54) is 23.1 Å². The molecule has 2 aromatic carbocycles. The minimum atomic E-state index is -3.87. The van der Waals surface area contributed by atoms with E-state index in [0.717, 1.165) is 21.7 Å². The van der Waals surface area contributed by atoms with Gasteiger partial charge in [0.05, 0.1) is 17.0 Å². The summed E-state index contributed by atoms with van der Waals surface area (Å²) >= 11 is 12.2. The van der Waals surface area contributed by atoms with Crippen molar-refractivity contribution in [3.05, 3.63) is 63.6 Å². The van der Waals surface area contributed by atoms with Crippen LogP contribution in [0.3, 0.4) is 0 Å². The van der Waals surface area contributed by atoms with Crippen LogP contribution in [-0.4, -0.2) is 50.5 Å². The van der Waals surface area contributed by atoms with Crippen LogP contribution in [0.4, 0.5) is 5.69 Å². The number of aryl methyl sites for hydroxylation is 1. The predicted molar refractivity (Wildman–Crippen MR) is 138 cm³/mol. The lowest BCUT2D eigenvalue weighted by atomic mass is 10.1. The summed E-state index contributed by atoms with van der Waals surface area (Å²) in [6.45, 7) is 7.59. The first-order valence-electron chi connectivity index (χ1n) is 10.8. The van der Waals surface area contributed by atoms with Crippen LogP contribution in [-0.2, 0) is 26.2 Å². The number of nitrogens with zero attached hydrogens (tertiary/aromatic N) is 2. The van der Waals surface area contributed by atoms with E-state index in [2.05, 4.69) is 5.32 Å². The molecule has 0 aliphatic carbocycles. The fourth-order valence-corrected chi connectivity index (χ4v) is 4.74. The van der Waals surface area contributed by atoms with Crippen molar-refractivity contribution < 1.29 is 18.0 Å². The summed E-state index contributed by atoms with van der Waals surface area (Å²) in [5.74, 6) is -0.611. The number of carbonyl (C=O) groups is 2. The van der Waals surface area contributed by atoms with Gasteiger partial charge in [0.1, 0.15) is 12.6 Å². The summed E-state index contributed by atoms with van der Waals surface area (Å²) in [4.78, 5) is 27.7. The average molecular weight is 529 g/mol. The zero-order chi connectivity index (χ0) is 25.6. The minimum absolute atomic E-state index is 0.0960. The lowest BCUT2D eigenvalue weighted by Gasteiger charge is -2.32. The normalized spacial score (nSPS) is 12.4. The van der Waals surface area contributed by atoms with E-state index >= 15 is 0 Å². The summed E-state index contributed by atoms with van der Waals surface area (Å²) in [7, 11) is -3.87. The Morgan fingerprint density at radius 1 is 1.06 bits per heavy atom. The summed E-state index contributed by atoms with van der Waals surface area (Å²) in [6, 6.07) is 11.1. The molecule has 0 aliphatic rings. The van der Waals surface area contributed by atoms with Gasteiger partial charge in [0.2, 0.25) is 21.8 Å². The lowest BCUT2D eigenvalue weighted by Crippen LogP contribution is -2.51. The van der Waals surface area contributed by atoms with Gasteiger partial charge < -0.3 is 10.2 Å². The Morgan fingerprint density at radius 2 is 1.74 bits per heavy atom. The fraction of sp³-hybridized carbons (Fsp3) is 0.417. The van der Waals surface area contributed by atoms with Crippen LogP contribution in [0.2, 0.25) is 10.0 Å². The number of hydrogen-bond donors (Lipinski definition) is 1. The van der Waals surface area contributed by atoms with Gasteiger partial charge in [-0.1, -0.05) is 66.9 Å². The van der Waals surface area contributed by atoms with E-state index in [1.807, 2.05) is 45.0 Å². The highest BCUT2D eigenvalue weighted by Gasteiger charge is 2.30. The van der Waals surface area contributed by atoms with Gasteiger partial charge >= 0.3 is 0 Å². The first-order valence-corrected chi connectivity index (χ1v) is 13.5. The lowest BCUT2D eigenvalue weighted by molar-refractivity contribution is -0.139. The van der Waals surface area contributed by atoms with Gasteiger partial charge in [0, 0.05) is 18.1 Å². The monoisotopic (exact) mass is 527 g/mol. The molecule has 1 unspecified atom stereocenters. The highest BCUT2D eigenvalue weighted by molar-refractivity contribution is 7.92. The van der Waals surface area contributed by atoms with E-state index in [0.29, 0.717) is 11.6 Å². The maximum Gasteiger partial charge on any atom is 0.244 e. The highest BCUT2D eigenvalue weighted by Crippen LogP contribution is 2.30. The Morgan fingerprint density at radius 3 is 2.29 bits per heavy atom. The number of hydrogen-bond acceptors (Lipinski definition) is 4. The average Bonchev–Trinajstić information content (AvgIpc) is 2.73. The molecule has 2 aromatic rings. The number of anilines is 1. The Kier molecular flexibility index (Phi) is 9.79. The van der Waals surface area contributed by atoms with Crippen molar-refractivity contribution in [2.45, 2.75) is 40.3 Å². The zero-order valence-electron chi connectivity index (χ0n) is 20.0. The van der Waals surface area contributed by atoms with Gasteiger partial charge in [-0.25, -0.2) is 8.42 Å². The van der Waals surface area contributed by atoms with Gasteiger partial charge in [0.25, 0.3) is 0 Å². The van der Waals surface area contributed by atoms with Crippen molar-refractivity contribution in [3.8, 4) is 0 Å². The number of benzene rings is 2.